The first-order valence-corrected chi connectivity index (χ1v) is 3.72. The first kappa shape index (κ1) is 8.96. The van der Waals surface area contributed by atoms with Gasteiger partial charge in [-0.25, -0.2) is 0 Å². The van der Waals surface area contributed by atoms with Crippen LogP contribution >= 0.6 is 0 Å². The second-order valence-corrected chi connectivity index (χ2v) is 2.58. The zero-order valence-corrected chi connectivity index (χ0v) is 7.02. The molecule has 0 spiro atoms. The van der Waals surface area contributed by atoms with E-state index in [-0.39, 0.29) is 0 Å². The number of rotatable bonds is 4. The van der Waals surface area contributed by atoms with Gasteiger partial charge < -0.3 is 4.90 Å². The lowest BCUT2D eigenvalue weighted by atomic mass is 10.1. The van der Waals surface area contributed by atoms with Gasteiger partial charge in [-0.2, -0.15) is 0 Å². The van der Waals surface area contributed by atoms with Gasteiger partial charge in [-0.3, -0.25) is 0 Å². The molecule has 0 aliphatic heterocycles. The summed E-state index contributed by atoms with van der Waals surface area (Å²) in [6.45, 7) is 4.41. The summed E-state index contributed by atoms with van der Waals surface area (Å²) in [5.74, 6) is 0. The molecule has 1 atom stereocenters. The Bertz CT molecular complexity index is 59.6. The van der Waals surface area contributed by atoms with E-state index in [0.29, 0.717) is 6.04 Å². The van der Waals surface area contributed by atoms with Crippen molar-refractivity contribution >= 4 is 0 Å². The molecule has 1 unspecified atom stereocenters. The Morgan fingerprint density at radius 2 is 1.89 bits per heavy atom. The minimum absolute atomic E-state index is 0.676. The van der Waals surface area contributed by atoms with E-state index in [2.05, 4.69) is 39.3 Å². The maximum absolute atomic E-state index is 2.35. The van der Waals surface area contributed by atoms with Gasteiger partial charge in [-0.1, -0.05) is 20.3 Å². The Hall–Kier alpha value is -0.0400. The van der Waals surface area contributed by atoms with Crippen LogP contribution in [0.25, 0.3) is 0 Å². The van der Waals surface area contributed by atoms with Crippen molar-refractivity contribution in [3.63, 3.8) is 0 Å². The third-order valence-corrected chi connectivity index (χ3v) is 1.59. The van der Waals surface area contributed by atoms with E-state index in [9.17, 15) is 0 Å². The summed E-state index contributed by atoms with van der Waals surface area (Å²) in [5, 5.41) is 0. The quantitative estimate of drug-likeness (QED) is 0.559. The minimum atomic E-state index is 0.676. The number of nitrogens with zero attached hydrogens (tertiary/aromatic N) is 1. The lowest BCUT2D eigenvalue weighted by Gasteiger charge is -2.21. The SMILES string of the molecule is CC[CH]C(CC)N(C)C. The van der Waals surface area contributed by atoms with E-state index in [4.69, 9.17) is 0 Å². The minimum Gasteiger partial charge on any atom is -0.306 e. The van der Waals surface area contributed by atoms with Crippen LogP contribution in [0.3, 0.4) is 0 Å². The van der Waals surface area contributed by atoms with E-state index in [0.717, 1.165) is 0 Å². The molecule has 0 amide bonds. The van der Waals surface area contributed by atoms with Crippen LogP contribution in [-0.2, 0) is 0 Å². The molecular formula is C8H18N. The smallest absolute Gasteiger partial charge is 0.0118 e. The van der Waals surface area contributed by atoms with Crippen LogP contribution in [0.15, 0.2) is 0 Å². The maximum atomic E-state index is 2.35. The van der Waals surface area contributed by atoms with Crippen molar-refractivity contribution in [1.82, 2.24) is 4.90 Å². The molecule has 0 aromatic heterocycles. The summed E-state index contributed by atoms with van der Waals surface area (Å²) >= 11 is 0. The number of hydrogen-bond donors (Lipinski definition) is 0. The van der Waals surface area contributed by atoms with Gasteiger partial charge in [0.15, 0.2) is 0 Å². The average molecular weight is 128 g/mol. The molecule has 0 fully saturated rings. The fourth-order valence-corrected chi connectivity index (χ4v) is 1.01. The van der Waals surface area contributed by atoms with Crippen molar-refractivity contribution in [2.45, 2.75) is 32.7 Å². The van der Waals surface area contributed by atoms with Crippen molar-refractivity contribution in [2.24, 2.45) is 0 Å². The molecule has 1 nitrogen and oxygen atoms in total. The molecule has 0 bridgehead atoms. The molecule has 0 saturated heterocycles. The monoisotopic (exact) mass is 128 g/mol. The lowest BCUT2D eigenvalue weighted by Crippen LogP contribution is -2.27. The van der Waals surface area contributed by atoms with E-state index < -0.39 is 0 Å². The van der Waals surface area contributed by atoms with Gasteiger partial charge in [0.05, 0.1) is 0 Å². The van der Waals surface area contributed by atoms with Crippen molar-refractivity contribution in [3.8, 4) is 0 Å². The van der Waals surface area contributed by atoms with E-state index in [1.807, 2.05) is 0 Å². The van der Waals surface area contributed by atoms with E-state index in [1.165, 1.54) is 12.8 Å². The highest BCUT2D eigenvalue weighted by Crippen LogP contribution is 2.04. The third kappa shape index (κ3) is 3.52. The summed E-state index contributed by atoms with van der Waals surface area (Å²) in [6, 6.07) is 0.676. The van der Waals surface area contributed by atoms with Gasteiger partial charge in [0.25, 0.3) is 0 Å². The topological polar surface area (TPSA) is 3.24 Å². The van der Waals surface area contributed by atoms with Crippen molar-refractivity contribution in [3.05, 3.63) is 6.42 Å². The molecule has 1 heteroatoms. The summed E-state index contributed by atoms with van der Waals surface area (Å²) in [6.07, 6.45) is 4.75. The second-order valence-electron chi connectivity index (χ2n) is 2.58. The van der Waals surface area contributed by atoms with Crippen LogP contribution in [0.1, 0.15) is 26.7 Å². The molecule has 0 heterocycles. The summed E-state index contributed by atoms with van der Waals surface area (Å²) < 4.78 is 0. The highest BCUT2D eigenvalue weighted by molar-refractivity contribution is 4.79. The molecule has 0 N–H and O–H groups in total. The summed E-state index contributed by atoms with van der Waals surface area (Å²) in [5.41, 5.74) is 0. The van der Waals surface area contributed by atoms with Gasteiger partial charge in [-0.05, 0) is 26.9 Å². The molecule has 0 saturated carbocycles. The molecule has 1 radical (unpaired) electrons. The second kappa shape index (κ2) is 4.80. The summed E-state index contributed by atoms with van der Waals surface area (Å²) in [4.78, 5) is 2.25. The van der Waals surface area contributed by atoms with Gasteiger partial charge in [-0.15, -0.1) is 0 Å². The lowest BCUT2D eigenvalue weighted by molar-refractivity contribution is 0.314. The Balaban J connectivity index is 3.41. The maximum Gasteiger partial charge on any atom is 0.0118 e. The molecule has 0 aliphatic rings. The van der Waals surface area contributed by atoms with Crippen LogP contribution in [0.5, 0.6) is 0 Å². The predicted molar refractivity (Wildman–Crippen MR) is 42.4 cm³/mol. The van der Waals surface area contributed by atoms with Crippen LogP contribution in [0, 0.1) is 6.42 Å². The predicted octanol–water partition coefficient (Wildman–Crippen LogP) is 1.94. The molecule has 0 rings (SSSR count). The van der Waals surface area contributed by atoms with E-state index >= 15 is 0 Å². The third-order valence-electron chi connectivity index (χ3n) is 1.59. The van der Waals surface area contributed by atoms with Crippen molar-refractivity contribution < 1.29 is 0 Å². The van der Waals surface area contributed by atoms with Crippen molar-refractivity contribution in [1.29, 1.82) is 0 Å². The van der Waals surface area contributed by atoms with Crippen LogP contribution < -0.4 is 0 Å². The Kier molecular flexibility index (Phi) is 4.78. The molecule has 0 aromatic rings. The zero-order chi connectivity index (χ0) is 7.28. The highest BCUT2D eigenvalue weighted by atomic mass is 15.1. The number of hydrogen-bond acceptors (Lipinski definition) is 1. The van der Waals surface area contributed by atoms with Gasteiger partial charge in [0.1, 0.15) is 0 Å². The van der Waals surface area contributed by atoms with Gasteiger partial charge >= 0.3 is 0 Å². The van der Waals surface area contributed by atoms with Gasteiger partial charge in [0, 0.05) is 6.04 Å². The van der Waals surface area contributed by atoms with Crippen LogP contribution in [-0.4, -0.2) is 25.0 Å². The Morgan fingerprint density at radius 3 is 2.00 bits per heavy atom. The van der Waals surface area contributed by atoms with Gasteiger partial charge in [0.2, 0.25) is 0 Å². The van der Waals surface area contributed by atoms with E-state index in [1.54, 1.807) is 0 Å². The summed E-state index contributed by atoms with van der Waals surface area (Å²) in [7, 11) is 4.25. The Labute approximate surface area is 59.1 Å². The average Bonchev–Trinajstić information content (AvgIpc) is 1.82. The normalized spacial score (nSPS) is 14.3. The van der Waals surface area contributed by atoms with Crippen molar-refractivity contribution in [2.75, 3.05) is 14.1 Å². The Morgan fingerprint density at radius 1 is 1.33 bits per heavy atom. The first-order valence-electron chi connectivity index (χ1n) is 3.72. The zero-order valence-electron chi connectivity index (χ0n) is 7.02. The molecule has 55 valence electrons. The van der Waals surface area contributed by atoms with Crippen LogP contribution in [0.2, 0.25) is 0 Å². The fraction of sp³-hybridized carbons (Fsp3) is 0.875. The standard InChI is InChI=1S/C8H18N/c1-5-7-8(6-2)9(3)4/h7-8H,5-6H2,1-4H3. The highest BCUT2D eigenvalue weighted by Gasteiger charge is 2.05. The fourth-order valence-electron chi connectivity index (χ4n) is 1.01. The largest absolute Gasteiger partial charge is 0.306 e. The first-order chi connectivity index (χ1) is 4.22. The van der Waals surface area contributed by atoms with Crippen LogP contribution in [0.4, 0.5) is 0 Å². The molecular weight excluding hydrogens is 110 g/mol. The molecule has 0 aliphatic carbocycles. The molecule has 9 heavy (non-hydrogen) atoms. The molecule has 0 aromatic carbocycles.